The number of hydrogen-bond acceptors (Lipinski definition) is 2. The maximum Gasteiger partial charge on any atom is 0.123 e. The highest BCUT2D eigenvalue weighted by molar-refractivity contribution is 6.31. The molecule has 1 saturated heterocycles. The molecule has 2 nitrogen and oxygen atoms in total. The molecule has 1 aromatic rings. The number of benzene rings is 1. The molecule has 1 N–H and O–H groups in total. The van der Waals surface area contributed by atoms with E-state index in [4.69, 9.17) is 11.6 Å². The van der Waals surface area contributed by atoms with E-state index in [1.54, 1.807) is 12.1 Å². The normalized spacial score (nSPS) is 24.9. The smallest absolute Gasteiger partial charge is 0.123 e. The van der Waals surface area contributed by atoms with E-state index in [1.165, 1.54) is 6.07 Å². The molecule has 0 saturated carbocycles. The van der Waals surface area contributed by atoms with Crippen LogP contribution in [0.3, 0.4) is 0 Å². The molecule has 0 spiro atoms. The van der Waals surface area contributed by atoms with Gasteiger partial charge in [-0.05, 0) is 36.6 Å². The number of nitrogens with one attached hydrogen (secondary N) is 1. The van der Waals surface area contributed by atoms with Crippen LogP contribution in [0, 0.1) is 11.7 Å². The second-order valence-electron chi connectivity index (χ2n) is 5.79. The molecule has 2 atom stereocenters. The summed E-state index contributed by atoms with van der Waals surface area (Å²) in [6.07, 6.45) is 0. The van der Waals surface area contributed by atoms with Gasteiger partial charge in [0.05, 0.1) is 0 Å². The fourth-order valence-corrected chi connectivity index (χ4v) is 2.90. The fourth-order valence-electron chi connectivity index (χ4n) is 2.73. The van der Waals surface area contributed by atoms with E-state index in [0.717, 1.165) is 18.7 Å². The monoisotopic (exact) mass is 284 g/mol. The lowest BCUT2D eigenvalue weighted by atomic mass is 9.98. The van der Waals surface area contributed by atoms with Crippen molar-refractivity contribution in [3.63, 3.8) is 0 Å². The van der Waals surface area contributed by atoms with Crippen molar-refractivity contribution in [3.05, 3.63) is 34.6 Å². The third-order valence-electron chi connectivity index (χ3n) is 3.80. The van der Waals surface area contributed by atoms with Gasteiger partial charge in [-0.1, -0.05) is 25.4 Å². The summed E-state index contributed by atoms with van der Waals surface area (Å²) in [4.78, 5) is 2.41. The Morgan fingerprint density at radius 3 is 2.89 bits per heavy atom. The van der Waals surface area contributed by atoms with Crippen molar-refractivity contribution in [2.45, 2.75) is 39.4 Å². The molecule has 1 aliphatic rings. The van der Waals surface area contributed by atoms with Gasteiger partial charge in [0.2, 0.25) is 0 Å². The number of piperazine rings is 1. The van der Waals surface area contributed by atoms with Gasteiger partial charge in [-0.15, -0.1) is 0 Å². The summed E-state index contributed by atoms with van der Waals surface area (Å²) < 4.78 is 13.3. The number of hydrogen-bond donors (Lipinski definition) is 1. The molecule has 0 aliphatic carbocycles. The summed E-state index contributed by atoms with van der Waals surface area (Å²) in [5.41, 5.74) is 0.876. The van der Waals surface area contributed by atoms with Gasteiger partial charge in [0.25, 0.3) is 0 Å². The second kappa shape index (κ2) is 6.21. The molecule has 106 valence electrons. The molecule has 19 heavy (non-hydrogen) atoms. The van der Waals surface area contributed by atoms with Gasteiger partial charge in [-0.3, -0.25) is 4.90 Å². The van der Waals surface area contributed by atoms with E-state index in [2.05, 4.69) is 31.0 Å². The quantitative estimate of drug-likeness (QED) is 0.916. The van der Waals surface area contributed by atoms with Crippen LogP contribution >= 0.6 is 11.6 Å². The first kappa shape index (κ1) is 14.8. The third-order valence-corrected chi connectivity index (χ3v) is 4.17. The minimum absolute atomic E-state index is 0.219. The average molecular weight is 285 g/mol. The van der Waals surface area contributed by atoms with Crippen LogP contribution < -0.4 is 5.32 Å². The van der Waals surface area contributed by atoms with Crippen molar-refractivity contribution in [1.82, 2.24) is 10.2 Å². The molecule has 1 aromatic carbocycles. The van der Waals surface area contributed by atoms with E-state index < -0.39 is 0 Å². The second-order valence-corrected chi connectivity index (χ2v) is 6.19. The maximum absolute atomic E-state index is 13.3. The molecular formula is C15H22ClFN2. The Morgan fingerprint density at radius 1 is 1.47 bits per heavy atom. The highest BCUT2D eigenvalue weighted by atomic mass is 35.5. The molecule has 2 rings (SSSR count). The molecule has 0 bridgehead atoms. The fraction of sp³-hybridized carbons (Fsp3) is 0.600. The van der Waals surface area contributed by atoms with Crippen molar-refractivity contribution < 1.29 is 4.39 Å². The summed E-state index contributed by atoms with van der Waals surface area (Å²) in [6, 6.07) is 5.53. The van der Waals surface area contributed by atoms with E-state index in [1.807, 2.05) is 0 Å². The number of nitrogens with zero attached hydrogens (tertiary/aromatic N) is 1. The highest BCUT2D eigenvalue weighted by Crippen LogP contribution is 2.23. The summed E-state index contributed by atoms with van der Waals surface area (Å²) in [7, 11) is 0. The van der Waals surface area contributed by atoms with Gasteiger partial charge in [0.1, 0.15) is 5.82 Å². The predicted molar refractivity (Wildman–Crippen MR) is 77.9 cm³/mol. The Balaban J connectivity index is 2.16. The van der Waals surface area contributed by atoms with Gasteiger partial charge >= 0.3 is 0 Å². The van der Waals surface area contributed by atoms with Crippen molar-refractivity contribution in [3.8, 4) is 0 Å². The molecule has 1 fully saturated rings. The lowest BCUT2D eigenvalue weighted by molar-refractivity contribution is 0.0955. The van der Waals surface area contributed by atoms with Crippen LogP contribution in [0.4, 0.5) is 4.39 Å². The standard InChI is InChI=1S/C15H22ClFN2/c1-10(2)15-7-18-11(3)8-19(15)9-12-6-13(17)4-5-14(12)16/h4-6,10-11,15,18H,7-9H2,1-3H3. The average Bonchev–Trinajstić information content (AvgIpc) is 2.33. The van der Waals surface area contributed by atoms with Crippen molar-refractivity contribution >= 4 is 11.6 Å². The largest absolute Gasteiger partial charge is 0.311 e. The number of rotatable bonds is 3. The SMILES string of the molecule is CC1CN(Cc2cc(F)ccc2Cl)C(C(C)C)CN1. The zero-order valence-corrected chi connectivity index (χ0v) is 12.5. The first-order chi connectivity index (χ1) is 8.97. The molecule has 1 heterocycles. The van der Waals surface area contributed by atoms with Gasteiger partial charge < -0.3 is 5.32 Å². The molecule has 0 amide bonds. The summed E-state index contributed by atoms with van der Waals surface area (Å²) in [5.74, 6) is 0.344. The van der Waals surface area contributed by atoms with Gasteiger partial charge in [-0.2, -0.15) is 0 Å². The van der Waals surface area contributed by atoms with Crippen LogP contribution in [0.2, 0.25) is 5.02 Å². The molecule has 2 unspecified atom stereocenters. The Hall–Kier alpha value is -0.640. The van der Waals surface area contributed by atoms with Crippen molar-refractivity contribution in [2.75, 3.05) is 13.1 Å². The Bertz CT molecular complexity index is 436. The lowest BCUT2D eigenvalue weighted by Crippen LogP contribution is -2.56. The van der Waals surface area contributed by atoms with Gasteiger partial charge in [0, 0.05) is 36.7 Å². The first-order valence-corrected chi connectivity index (χ1v) is 7.26. The van der Waals surface area contributed by atoms with Crippen LogP contribution in [0.25, 0.3) is 0 Å². The topological polar surface area (TPSA) is 15.3 Å². The third kappa shape index (κ3) is 3.68. The van der Waals surface area contributed by atoms with E-state index in [0.29, 0.717) is 29.6 Å². The van der Waals surface area contributed by atoms with E-state index in [9.17, 15) is 4.39 Å². The molecule has 4 heteroatoms. The minimum atomic E-state index is -0.219. The maximum atomic E-state index is 13.3. The summed E-state index contributed by atoms with van der Waals surface area (Å²) in [6.45, 7) is 9.29. The van der Waals surface area contributed by atoms with Crippen LogP contribution in [0.1, 0.15) is 26.3 Å². The Morgan fingerprint density at radius 2 is 2.21 bits per heavy atom. The van der Waals surface area contributed by atoms with Crippen molar-refractivity contribution in [2.24, 2.45) is 5.92 Å². The zero-order chi connectivity index (χ0) is 14.0. The summed E-state index contributed by atoms with van der Waals surface area (Å²) in [5, 5.41) is 4.15. The van der Waals surface area contributed by atoms with E-state index >= 15 is 0 Å². The highest BCUT2D eigenvalue weighted by Gasteiger charge is 2.28. The molecule has 0 radical (unpaired) electrons. The zero-order valence-electron chi connectivity index (χ0n) is 11.8. The van der Waals surface area contributed by atoms with Crippen LogP contribution in [0.5, 0.6) is 0 Å². The van der Waals surface area contributed by atoms with Gasteiger partial charge in [-0.25, -0.2) is 4.39 Å². The van der Waals surface area contributed by atoms with Crippen LogP contribution in [-0.2, 0) is 6.54 Å². The first-order valence-electron chi connectivity index (χ1n) is 6.88. The molecule has 0 aromatic heterocycles. The number of halogens is 2. The molecular weight excluding hydrogens is 263 g/mol. The lowest BCUT2D eigenvalue weighted by Gasteiger charge is -2.41. The van der Waals surface area contributed by atoms with E-state index in [-0.39, 0.29) is 5.82 Å². The Kier molecular flexibility index (Phi) is 4.82. The molecule has 1 aliphatic heterocycles. The minimum Gasteiger partial charge on any atom is -0.311 e. The summed E-state index contributed by atoms with van der Waals surface area (Å²) >= 11 is 6.17. The van der Waals surface area contributed by atoms with Crippen LogP contribution in [0.15, 0.2) is 18.2 Å². The van der Waals surface area contributed by atoms with Gasteiger partial charge in [0.15, 0.2) is 0 Å². The Labute approximate surface area is 119 Å². The van der Waals surface area contributed by atoms with Crippen LogP contribution in [-0.4, -0.2) is 30.1 Å². The predicted octanol–water partition coefficient (Wildman–Crippen LogP) is 3.30. The van der Waals surface area contributed by atoms with Crippen molar-refractivity contribution in [1.29, 1.82) is 0 Å².